The lowest BCUT2D eigenvalue weighted by atomic mass is 10.1. The summed E-state index contributed by atoms with van der Waals surface area (Å²) in [6.07, 6.45) is 5.59. The molecule has 1 aromatic carbocycles. The molecule has 4 aromatic rings. The van der Waals surface area contributed by atoms with Crippen molar-refractivity contribution in [3.8, 4) is 11.3 Å². The third kappa shape index (κ3) is 3.95. The van der Waals surface area contributed by atoms with Gasteiger partial charge in [0.25, 0.3) is 0 Å². The SMILES string of the molecule is c1ccc(CNc2cc(-c3cc4cnccc4c(N4CCNCC4)n3)ccn2)cc1. The van der Waals surface area contributed by atoms with Gasteiger partial charge in [0.15, 0.2) is 0 Å². The Kier molecular flexibility index (Phi) is 5.23. The Bertz CT molecular complexity index is 1140. The maximum absolute atomic E-state index is 5.07. The first-order chi connectivity index (χ1) is 14.9. The van der Waals surface area contributed by atoms with Crippen LogP contribution in [0.25, 0.3) is 22.0 Å². The van der Waals surface area contributed by atoms with Crippen molar-refractivity contribution in [1.29, 1.82) is 0 Å². The van der Waals surface area contributed by atoms with E-state index in [0.717, 1.165) is 66.4 Å². The number of rotatable bonds is 5. The second kappa shape index (κ2) is 8.47. The molecule has 5 rings (SSSR count). The predicted molar refractivity (Wildman–Crippen MR) is 122 cm³/mol. The van der Waals surface area contributed by atoms with E-state index in [4.69, 9.17) is 4.98 Å². The first-order valence-corrected chi connectivity index (χ1v) is 10.3. The van der Waals surface area contributed by atoms with Crippen molar-refractivity contribution in [3.63, 3.8) is 0 Å². The predicted octanol–water partition coefficient (Wildman–Crippen LogP) is 3.71. The lowest BCUT2D eigenvalue weighted by Crippen LogP contribution is -2.44. The summed E-state index contributed by atoms with van der Waals surface area (Å²) >= 11 is 0. The molecule has 1 aliphatic heterocycles. The summed E-state index contributed by atoms with van der Waals surface area (Å²) in [5.41, 5.74) is 3.21. The monoisotopic (exact) mass is 396 g/mol. The van der Waals surface area contributed by atoms with E-state index in [-0.39, 0.29) is 0 Å². The standard InChI is InChI=1S/C24H24N6/c1-2-4-18(5-3-1)16-28-23-15-19(6-9-27-23)22-14-20-17-26-8-7-21(20)24(29-22)30-12-10-25-11-13-30/h1-9,14-15,17,25H,10-13,16H2,(H,27,28). The second-order valence-corrected chi connectivity index (χ2v) is 7.43. The van der Waals surface area contributed by atoms with Gasteiger partial charge in [-0.3, -0.25) is 4.98 Å². The average molecular weight is 396 g/mol. The van der Waals surface area contributed by atoms with Gasteiger partial charge in [-0.25, -0.2) is 9.97 Å². The first-order valence-electron chi connectivity index (χ1n) is 10.3. The lowest BCUT2D eigenvalue weighted by molar-refractivity contribution is 0.586. The molecule has 6 heteroatoms. The number of benzene rings is 1. The van der Waals surface area contributed by atoms with Gasteiger partial charge in [0.1, 0.15) is 11.6 Å². The Morgan fingerprint density at radius 2 is 1.83 bits per heavy atom. The Morgan fingerprint density at radius 1 is 0.967 bits per heavy atom. The Morgan fingerprint density at radius 3 is 2.70 bits per heavy atom. The van der Waals surface area contributed by atoms with Crippen molar-refractivity contribution >= 4 is 22.4 Å². The van der Waals surface area contributed by atoms with Gasteiger partial charge in [-0.15, -0.1) is 0 Å². The van der Waals surface area contributed by atoms with Crippen LogP contribution in [0.2, 0.25) is 0 Å². The highest BCUT2D eigenvalue weighted by Crippen LogP contribution is 2.30. The number of nitrogens with one attached hydrogen (secondary N) is 2. The molecule has 0 amide bonds. The number of nitrogens with zero attached hydrogens (tertiary/aromatic N) is 4. The largest absolute Gasteiger partial charge is 0.366 e. The van der Waals surface area contributed by atoms with Crippen LogP contribution in [0.15, 0.2) is 73.2 Å². The van der Waals surface area contributed by atoms with Gasteiger partial charge in [-0.1, -0.05) is 30.3 Å². The Hall–Kier alpha value is -3.51. The lowest BCUT2D eigenvalue weighted by Gasteiger charge is -2.29. The minimum Gasteiger partial charge on any atom is -0.366 e. The zero-order chi connectivity index (χ0) is 20.2. The average Bonchev–Trinajstić information content (AvgIpc) is 2.83. The first kappa shape index (κ1) is 18.5. The fourth-order valence-corrected chi connectivity index (χ4v) is 3.82. The zero-order valence-corrected chi connectivity index (χ0v) is 16.8. The van der Waals surface area contributed by atoms with E-state index in [1.165, 1.54) is 5.56 Å². The van der Waals surface area contributed by atoms with Gasteiger partial charge in [0, 0.05) is 67.7 Å². The molecule has 1 saturated heterocycles. The van der Waals surface area contributed by atoms with Gasteiger partial charge in [0.05, 0.1) is 5.69 Å². The molecule has 0 unspecified atom stereocenters. The molecule has 0 saturated carbocycles. The number of hydrogen-bond acceptors (Lipinski definition) is 6. The molecule has 150 valence electrons. The summed E-state index contributed by atoms with van der Waals surface area (Å²) in [6.45, 7) is 4.59. The molecule has 0 atom stereocenters. The molecule has 4 heterocycles. The number of anilines is 2. The minimum absolute atomic E-state index is 0.735. The smallest absolute Gasteiger partial charge is 0.137 e. The molecule has 1 aliphatic rings. The van der Waals surface area contributed by atoms with E-state index in [0.29, 0.717) is 0 Å². The molecule has 30 heavy (non-hydrogen) atoms. The van der Waals surface area contributed by atoms with Gasteiger partial charge < -0.3 is 15.5 Å². The maximum Gasteiger partial charge on any atom is 0.137 e. The third-order valence-electron chi connectivity index (χ3n) is 5.40. The van der Waals surface area contributed by atoms with E-state index in [1.807, 2.05) is 42.9 Å². The molecule has 0 aliphatic carbocycles. The van der Waals surface area contributed by atoms with Crippen LogP contribution in [0.3, 0.4) is 0 Å². The van der Waals surface area contributed by atoms with Crippen molar-refractivity contribution in [2.24, 2.45) is 0 Å². The molecule has 6 nitrogen and oxygen atoms in total. The van der Waals surface area contributed by atoms with Crippen molar-refractivity contribution in [2.45, 2.75) is 6.54 Å². The molecule has 0 radical (unpaired) electrons. The van der Waals surface area contributed by atoms with E-state index >= 15 is 0 Å². The number of pyridine rings is 3. The number of fused-ring (bicyclic) bond motifs is 1. The van der Waals surface area contributed by atoms with E-state index in [9.17, 15) is 0 Å². The fraction of sp³-hybridized carbons (Fsp3) is 0.208. The molecular weight excluding hydrogens is 372 g/mol. The molecule has 2 N–H and O–H groups in total. The third-order valence-corrected chi connectivity index (χ3v) is 5.40. The molecule has 3 aromatic heterocycles. The maximum atomic E-state index is 5.07. The number of hydrogen-bond donors (Lipinski definition) is 2. The van der Waals surface area contributed by atoms with Crippen LogP contribution in [0.1, 0.15) is 5.56 Å². The summed E-state index contributed by atoms with van der Waals surface area (Å²) in [4.78, 5) is 16.2. The fourth-order valence-electron chi connectivity index (χ4n) is 3.82. The molecular formula is C24H24N6. The van der Waals surface area contributed by atoms with Crippen LogP contribution in [-0.2, 0) is 6.54 Å². The van der Waals surface area contributed by atoms with E-state index in [1.54, 1.807) is 0 Å². The number of piperazine rings is 1. The molecule has 0 spiro atoms. The van der Waals surface area contributed by atoms with Gasteiger partial charge in [-0.2, -0.15) is 0 Å². The highest BCUT2D eigenvalue weighted by molar-refractivity contribution is 5.94. The van der Waals surface area contributed by atoms with Crippen LogP contribution in [0.5, 0.6) is 0 Å². The van der Waals surface area contributed by atoms with Crippen molar-refractivity contribution in [2.75, 3.05) is 36.4 Å². The van der Waals surface area contributed by atoms with Crippen molar-refractivity contribution in [3.05, 3.63) is 78.8 Å². The minimum atomic E-state index is 0.735. The Labute approximate surface area is 176 Å². The molecule has 1 fully saturated rings. The Balaban J connectivity index is 1.48. The van der Waals surface area contributed by atoms with Gasteiger partial charge in [-0.05, 0) is 29.8 Å². The van der Waals surface area contributed by atoms with Crippen LogP contribution >= 0.6 is 0 Å². The summed E-state index contributed by atoms with van der Waals surface area (Å²) in [7, 11) is 0. The summed E-state index contributed by atoms with van der Waals surface area (Å²) in [6, 6.07) is 18.6. The normalized spacial score (nSPS) is 14.1. The van der Waals surface area contributed by atoms with Crippen LogP contribution in [0.4, 0.5) is 11.6 Å². The van der Waals surface area contributed by atoms with Crippen molar-refractivity contribution < 1.29 is 0 Å². The quantitative estimate of drug-likeness (QED) is 0.536. The zero-order valence-electron chi connectivity index (χ0n) is 16.8. The molecule has 0 bridgehead atoms. The summed E-state index contributed by atoms with van der Waals surface area (Å²) in [5.74, 6) is 1.87. The summed E-state index contributed by atoms with van der Waals surface area (Å²) < 4.78 is 0. The van der Waals surface area contributed by atoms with Crippen molar-refractivity contribution in [1.82, 2.24) is 20.3 Å². The summed E-state index contributed by atoms with van der Waals surface area (Å²) in [5, 5.41) is 9.08. The van der Waals surface area contributed by atoms with Crippen LogP contribution in [-0.4, -0.2) is 41.1 Å². The topological polar surface area (TPSA) is 66.0 Å². The highest BCUT2D eigenvalue weighted by Gasteiger charge is 2.16. The van der Waals surface area contributed by atoms with E-state index < -0.39 is 0 Å². The van der Waals surface area contributed by atoms with Crippen LogP contribution in [0, 0.1) is 0 Å². The van der Waals surface area contributed by atoms with Gasteiger partial charge in [0.2, 0.25) is 0 Å². The van der Waals surface area contributed by atoms with Crippen LogP contribution < -0.4 is 15.5 Å². The second-order valence-electron chi connectivity index (χ2n) is 7.43. The highest BCUT2D eigenvalue weighted by atomic mass is 15.2. The van der Waals surface area contributed by atoms with E-state index in [2.05, 4.69) is 55.8 Å². The number of aromatic nitrogens is 3. The van der Waals surface area contributed by atoms with Gasteiger partial charge >= 0.3 is 0 Å².